The van der Waals surface area contributed by atoms with E-state index >= 15 is 0 Å². The van der Waals surface area contributed by atoms with Crippen molar-refractivity contribution >= 4 is 15.7 Å². The Morgan fingerprint density at radius 1 is 1.40 bits per heavy atom. The summed E-state index contributed by atoms with van der Waals surface area (Å²) in [6.07, 6.45) is -4.89. The normalized spacial score (nSPS) is 16.6. The molecule has 1 heterocycles. The van der Waals surface area contributed by atoms with Crippen LogP contribution in [-0.4, -0.2) is 27.2 Å². The van der Waals surface area contributed by atoms with Crippen molar-refractivity contribution in [2.24, 2.45) is 0 Å². The van der Waals surface area contributed by atoms with Crippen molar-refractivity contribution in [3.8, 4) is 0 Å². The highest BCUT2D eigenvalue weighted by Crippen LogP contribution is 2.26. The molecule has 0 radical (unpaired) electrons. The molecular formula is C12H15F3N2O2S. The van der Waals surface area contributed by atoms with E-state index in [1.165, 1.54) is 19.1 Å². The van der Waals surface area contributed by atoms with Gasteiger partial charge in [-0.25, -0.2) is 13.1 Å². The maximum absolute atomic E-state index is 12.2. The highest BCUT2D eigenvalue weighted by Gasteiger charge is 2.32. The van der Waals surface area contributed by atoms with Gasteiger partial charge in [0.1, 0.15) is 0 Å². The van der Waals surface area contributed by atoms with Gasteiger partial charge in [0.05, 0.1) is 11.3 Å². The summed E-state index contributed by atoms with van der Waals surface area (Å²) in [7, 11) is -3.93. The number of sulfonamides is 1. The topological polar surface area (TPSA) is 58.2 Å². The van der Waals surface area contributed by atoms with E-state index in [-0.39, 0.29) is 4.90 Å². The van der Waals surface area contributed by atoms with E-state index in [0.717, 1.165) is 17.8 Å². The van der Waals surface area contributed by atoms with Crippen LogP contribution in [0.4, 0.5) is 18.9 Å². The van der Waals surface area contributed by atoms with Gasteiger partial charge in [0.15, 0.2) is 0 Å². The molecule has 1 aromatic carbocycles. The molecule has 1 aliphatic heterocycles. The number of alkyl halides is 3. The Hall–Kier alpha value is -1.28. The highest BCUT2D eigenvalue weighted by atomic mass is 32.2. The quantitative estimate of drug-likeness (QED) is 0.897. The van der Waals surface area contributed by atoms with E-state index in [1.54, 1.807) is 6.07 Å². The van der Waals surface area contributed by atoms with Crippen LogP contribution in [0.25, 0.3) is 0 Å². The average Bonchev–Trinajstić information content (AvgIpc) is 2.71. The monoisotopic (exact) mass is 308 g/mol. The zero-order chi connectivity index (χ0) is 15.0. The third kappa shape index (κ3) is 3.63. The number of halogens is 3. The Morgan fingerprint density at radius 3 is 2.75 bits per heavy atom. The van der Waals surface area contributed by atoms with E-state index in [1.807, 2.05) is 0 Å². The molecule has 4 nitrogen and oxygen atoms in total. The molecule has 0 aromatic heterocycles. The number of hydrogen-bond donors (Lipinski definition) is 2. The fourth-order valence-electron chi connectivity index (χ4n) is 2.17. The summed E-state index contributed by atoms with van der Waals surface area (Å²) in [6.45, 7) is 1.93. The lowest BCUT2D eigenvalue weighted by Gasteiger charge is -2.16. The largest absolute Gasteiger partial charge is 0.390 e. The summed E-state index contributed by atoms with van der Waals surface area (Å²) in [4.78, 5) is -0.00558. The summed E-state index contributed by atoms with van der Waals surface area (Å²) in [6, 6.07) is 3.31. The van der Waals surface area contributed by atoms with Crippen molar-refractivity contribution in [3.05, 3.63) is 23.8 Å². The minimum absolute atomic E-state index is 0.00558. The van der Waals surface area contributed by atoms with E-state index in [4.69, 9.17) is 0 Å². The molecule has 0 amide bonds. The summed E-state index contributed by atoms with van der Waals surface area (Å²) in [5.74, 6) is 0. The zero-order valence-corrected chi connectivity index (χ0v) is 11.6. The number of fused-ring (bicyclic) bond motifs is 1. The molecule has 1 aromatic rings. The van der Waals surface area contributed by atoms with Crippen LogP contribution in [0.3, 0.4) is 0 Å². The van der Waals surface area contributed by atoms with Crippen molar-refractivity contribution < 1.29 is 21.6 Å². The lowest BCUT2D eigenvalue weighted by Crippen LogP contribution is -2.35. The predicted octanol–water partition coefficient (Wildman–Crippen LogP) is 2.27. The first-order valence-electron chi connectivity index (χ1n) is 6.13. The Bertz CT molecular complexity index is 599. The molecule has 2 rings (SSSR count). The molecule has 0 bridgehead atoms. The van der Waals surface area contributed by atoms with Crippen molar-refractivity contribution in [2.75, 3.05) is 11.9 Å². The summed E-state index contributed by atoms with van der Waals surface area (Å²) >= 11 is 0. The second-order valence-corrected chi connectivity index (χ2v) is 6.55. The summed E-state index contributed by atoms with van der Waals surface area (Å²) < 4.78 is 62.8. The SMILES string of the molecule is CC(CC(F)(F)F)NS(=O)(=O)c1ccc2c(c1)CCN2. The average molecular weight is 308 g/mol. The molecule has 0 fully saturated rings. The minimum atomic E-state index is -4.40. The minimum Gasteiger partial charge on any atom is -0.384 e. The Balaban J connectivity index is 2.14. The molecule has 0 aliphatic carbocycles. The van der Waals surface area contributed by atoms with Gasteiger partial charge in [0, 0.05) is 18.3 Å². The molecule has 1 atom stereocenters. The molecule has 2 N–H and O–H groups in total. The second-order valence-electron chi connectivity index (χ2n) is 4.84. The summed E-state index contributed by atoms with van der Waals surface area (Å²) in [5.41, 5.74) is 1.73. The van der Waals surface area contributed by atoms with Crippen LogP contribution in [0, 0.1) is 0 Å². The number of nitrogens with one attached hydrogen (secondary N) is 2. The van der Waals surface area contributed by atoms with Gasteiger partial charge in [0.2, 0.25) is 10.0 Å². The molecule has 0 saturated carbocycles. The van der Waals surface area contributed by atoms with Gasteiger partial charge in [-0.2, -0.15) is 13.2 Å². The van der Waals surface area contributed by atoms with Crippen LogP contribution >= 0.6 is 0 Å². The second kappa shape index (κ2) is 5.25. The molecular weight excluding hydrogens is 293 g/mol. The molecule has 112 valence electrons. The summed E-state index contributed by atoms with van der Waals surface area (Å²) in [5, 5.41) is 3.09. The number of hydrogen-bond acceptors (Lipinski definition) is 3. The third-order valence-electron chi connectivity index (χ3n) is 2.99. The van der Waals surface area contributed by atoms with Crippen molar-refractivity contribution in [1.29, 1.82) is 0 Å². The zero-order valence-electron chi connectivity index (χ0n) is 10.8. The molecule has 20 heavy (non-hydrogen) atoms. The van der Waals surface area contributed by atoms with E-state index in [9.17, 15) is 21.6 Å². The van der Waals surface area contributed by atoms with Gasteiger partial charge >= 0.3 is 6.18 Å². The predicted molar refractivity (Wildman–Crippen MR) is 69.1 cm³/mol. The van der Waals surface area contributed by atoms with Gasteiger partial charge in [-0.15, -0.1) is 0 Å². The molecule has 0 spiro atoms. The number of anilines is 1. The Labute approximate surface area is 115 Å². The van der Waals surface area contributed by atoms with Gasteiger partial charge in [-0.05, 0) is 37.1 Å². The van der Waals surface area contributed by atoms with Crippen LogP contribution in [-0.2, 0) is 16.4 Å². The smallest absolute Gasteiger partial charge is 0.384 e. The van der Waals surface area contributed by atoms with E-state index in [2.05, 4.69) is 10.0 Å². The molecule has 8 heteroatoms. The van der Waals surface area contributed by atoms with Crippen LogP contribution in [0.15, 0.2) is 23.1 Å². The first-order valence-corrected chi connectivity index (χ1v) is 7.61. The highest BCUT2D eigenvalue weighted by molar-refractivity contribution is 7.89. The first kappa shape index (κ1) is 15.1. The standard InChI is InChI=1S/C12H15F3N2O2S/c1-8(7-12(13,14)15)17-20(18,19)10-2-3-11-9(6-10)4-5-16-11/h2-3,6,8,16-17H,4-5,7H2,1H3. The van der Waals surface area contributed by atoms with Crippen LogP contribution in [0.1, 0.15) is 18.9 Å². The van der Waals surface area contributed by atoms with Crippen molar-refractivity contribution in [3.63, 3.8) is 0 Å². The van der Waals surface area contributed by atoms with E-state index in [0.29, 0.717) is 6.42 Å². The van der Waals surface area contributed by atoms with Gasteiger partial charge < -0.3 is 5.32 Å². The van der Waals surface area contributed by atoms with Crippen LogP contribution in [0.5, 0.6) is 0 Å². The Morgan fingerprint density at radius 2 is 2.10 bits per heavy atom. The molecule has 1 unspecified atom stereocenters. The van der Waals surface area contributed by atoms with Gasteiger partial charge in [-0.1, -0.05) is 0 Å². The maximum Gasteiger partial charge on any atom is 0.390 e. The van der Waals surface area contributed by atoms with Gasteiger partial charge in [-0.3, -0.25) is 0 Å². The van der Waals surface area contributed by atoms with E-state index < -0.39 is 28.7 Å². The Kier molecular flexibility index (Phi) is 3.97. The number of rotatable bonds is 4. The van der Waals surface area contributed by atoms with Crippen LogP contribution in [0.2, 0.25) is 0 Å². The molecule has 1 aliphatic rings. The lowest BCUT2D eigenvalue weighted by molar-refractivity contribution is -0.137. The first-order chi connectivity index (χ1) is 9.17. The van der Waals surface area contributed by atoms with Crippen LogP contribution < -0.4 is 10.0 Å². The number of benzene rings is 1. The van der Waals surface area contributed by atoms with Crippen molar-refractivity contribution in [1.82, 2.24) is 4.72 Å². The third-order valence-corrected chi connectivity index (χ3v) is 4.58. The fraction of sp³-hybridized carbons (Fsp3) is 0.500. The van der Waals surface area contributed by atoms with Gasteiger partial charge in [0.25, 0.3) is 0 Å². The lowest BCUT2D eigenvalue weighted by atomic mass is 10.2. The van der Waals surface area contributed by atoms with Crippen molar-refractivity contribution in [2.45, 2.75) is 36.9 Å². The maximum atomic E-state index is 12.2. The fourth-order valence-corrected chi connectivity index (χ4v) is 3.46. The molecule has 0 saturated heterocycles.